The molecule has 3 nitrogen and oxygen atoms in total. The van der Waals surface area contributed by atoms with E-state index in [0.29, 0.717) is 39.4 Å². The fourth-order valence-electron chi connectivity index (χ4n) is 4.14. The van der Waals surface area contributed by atoms with E-state index >= 15 is 0 Å². The second-order valence-electron chi connectivity index (χ2n) is 8.65. The predicted molar refractivity (Wildman–Crippen MR) is 116 cm³/mol. The topological polar surface area (TPSA) is 37.4 Å². The number of halogens is 4. The number of hydrogen-bond donors (Lipinski definition) is 0. The molecule has 0 radical (unpaired) electrons. The molecular formula is C22H25Cl2F2NO2S. The van der Waals surface area contributed by atoms with Gasteiger partial charge in [-0.2, -0.15) is 0 Å². The van der Waals surface area contributed by atoms with Crippen molar-refractivity contribution in [2.45, 2.75) is 49.3 Å². The number of piperidine rings is 1. The van der Waals surface area contributed by atoms with Gasteiger partial charge >= 0.3 is 0 Å². The molecule has 1 unspecified atom stereocenters. The highest BCUT2D eigenvalue weighted by Gasteiger charge is 2.36. The maximum atomic E-state index is 13.4. The lowest BCUT2D eigenvalue weighted by molar-refractivity contribution is -0.0486. The van der Waals surface area contributed by atoms with Crippen LogP contribution in [-0.2, 0) is 16.3 Å². The Morgan fingerprint density at radius 3 is 2.27 bits per heavy atom. The third kappa shape index (κ3) is 5.20. The summed E-state index contributed by atoms with van der Waals surface area (Å²) in [5.41, 5.74) is 1.68. The second-order valence-corrected chi connectivity index (χ2v) is 11.5. The molecule has 30 heavy (non-hydrogen) atoms. The fourth-order valence-corrected chi connectivity index (χ4v) is 6.72. The van der Waals surface area contributed by atoms with Crippen molar-refractivity contribution in [1.82, 2.24) is 4.90 Å². The average Bonchev–Trinajstić information content (AvgIpc) is 3.46. The zero-order valence-electron chi connectivity index (χ0n) is 16.6. The molecule has 2 aliphatic carbocycles. The highest BCUT2D eigenvalue weighted by atomic mass is 35.5. The summed E-state index contributed by atoms with van der Waals surface area (Å²) in [5, 5.41) is 1.10. The highest BCUT2D eigenvalue weighted by molar-refractivity contribution is 7.91. The van der Waals surface area contributed by atoms with E-state index in [1.165, 1.54) is 0 Å². The molecule has 2 fully saturated rings. The summed E-state index contributed by atoms with van der Waals surface area (Å²) in [6, 6.07) is 7.05. The van der Waals surface area contributed by atoms with Crippen LogP contribution >= 0.6 is 23.2 Å². The molecule has 1 aliphatic heterocycles. The maximum Gasteiger partial charge on any atom is 0.251 e. The average molecular weight is 476 g/mol. The molecule has 1 saturated carbocycles. The van der Waals surface area contributed by atoms with Gasteiger partial charge in [0.25, 0.3) is 5.92 Å². The molecule has 0 aromatic heterocycles. The van der Waals surface area contributed by atoms with Crippen molar-refractivity contribution in [3.63, 3.8) is 0 Å². The second kappa shape index (κ2) is 8.44. The Kier molecular flexibility index (Phi) is 6.21. The van der Waals surface area contributed by atoms with Crippen LogP contribution in [0.3, 0.4) is 0 Å². The van der Waals surface area contributed by atoms with E-state index in [4.69, 9.17) is 23.2 Å². The summed E-state index contributed by atoms with van der Waals surface area (Å²) in [5.74, 6) is -1.99. The third-order valence-electron chi connectivity index (χ3n) is 6.05. The molecule has 0 spiro atoms. The van der Waals surface area contributed by atoms with Gasteiger partial charge in [0.1, 0.15) is 0 Å². The van der Waals surface area contributed by atoms with Crippen molar-refractivity contribution in [2.75, 3.05) is 18.8 Å². The molecular weight excluding hydrogens is 451 g/mol. The van der Waals surface area contributed by atoms with E-state index in [9.17, 15) is 17.2 Å². The van der Waals surface area contributed by atoms with Gasteiger partial charge in [-0.05, 0) is 55.2 Å². The van der Waals surface area contributed by atoms with E-state index in [1.807, 2.05) is 23.1 Å². The molecule has 1 saturated heterocycles. The molecule has 164 valence electrons. The number of rotatable bonds is 6. The standard InChI is InChI=1S/C22H25Cl2F2NO2S/c23-19-12-17(13-20(24)21(19)27-9-7-22(25,26)8-10-27)11-15-3-5-18(6-4-15)30(28,29)14-16-1-2-16/h3-6,12,16-17H,1-2,7-11,13-14H2. The molecule has 0 bridgehead atoms. The van der Waals surface area contributed by atoms with E-state index < -0.39 is 15.8 Å². The minimum absolute atomic E-state index is 0.0777. The quantitative estimate of drug-likeness (QED) is 0.526. The Morgan fingerprint density at radius 2 is 1.70 bits per heavy atom. The smallest absolute Gasteiger partial charge is 0.251 e. The minimum atomic E-state index is -3.21. The molecule has 1 aromatic carbocycles. The molecule has 1 atom stereocenters. The van der Waals surface area contributed by atoms with Gasteiger partial charge in [-0.15, -0.1) is 0 Å². The van der Waals surface area contributed by atoms with Crippen molar-refractivity contribution in [3.05, 3.63) is 51.7 Å². The summed E-state index contributed by atoms with van der Waals surface area (Å²) < 4.78 is 51.7. The number of allylic oxidation sites excluding steroid dienone is 3. The molecule has 0 N–H and O–H groups in total. The van der Waals surface area contributed by atoms with Crippen molar-refractivity contribution in [2.24, 2.45) is 11.8 Å². The van der Waals surface area contributed by atoms with Gasteiger partial charge in [0.2, 0.25) is 0 Å². The van der Waals surface area contributed by atoms with Crippen molar-refractivity contribution in [3.8, 4) is 0 Å². The van der Waals surface area contributed by atoms with Crippen LogP contribution in [0.1, 0.15) is 37.7 Å². The van der Waals surface area contributed by atoms with E-state index in [2.05, 4.69) is 0 Å². The monoisotopic (exact) mass is 475 g/mol. The first-order valence-electron chi connectivity index (χ1n) is 10.3. The zero-order chi connectivity index (χ0) is 21.5. The molecule has 1 heterocycles. The number of benzene rings is 1. The van der Waals surface area contributed by atoms with Gasteiger partial charge in [-0.1, -0.05) is 41.4 Å². The molecule has 3 aliphatic rings. The highest BCUT2D eigenvalue weighted by Crippen LogP contribution is 2.39. The molecule has 1 aromatic rings. The van der Waals surface area contributed by atoms with Gasteiger partial charge in [0.05, 0.1) is 21.4 Å². The van der Waals surface area contributed by atoms with E-state index in [0.717, 1.165) is 18.4 Å². The van der Waals surface area contributed by atoms with E-state index in [-0.39, 0.29) is 37.6 Å². The Labute approximate surface area is 186 Å². The van der Waals surface area contributed by atoms with Gasteiger partial charge in [0, 0.05) is 31.0 Å². The number of likely N-dealkylation sites (tertiary alicyclic amines) is 1. The van der Waals surface area contributed by atoms with Crippen LogP contribution in [0.2, 0.25) is 0 Å². The van der Waals surface area contributed by atoms with Crippen molar-refractivity contribution < 1.29 is 17.2 Å². The summed E-state index contributed by atoms with van der Waals surface area (Å²) >= 11 is 13.0. The molecule has 0 amide bonds. The summed E-state index contributed by atoms with van der Waals surface area (Å²) in [6.07, 6.45) is 4.83. The Hall–Kier alpha value is -1.11. The normalized spacial score (nSPS) is 24.7. The lowest BCUT2D eigenvalue weighted by Gasteiger charge is -2.37. The van der Waals surface area contributed by atoms with Crippen LogP contribution in [0, 0.1) is 11.8 Å². The van der Waals surface area contributed by atoms with Gasteiger partial charge < -0.3 is 4.90 Å². The molecule has 8 heteroatoms. The fraction of sp³-hybridized carbons (Fsp3) is 0.545. The number of hydrogen-bond acceptors (Lipinski definition) is 3. The van der Waals surface area contributed by atoms with Crippen LogP contribution in [0.25, 0.3) is 0 Å². The van der Waals surface area contributed by atoms with Crippen LogP contribution in [0.4, 0.5) is 8.78 Å². The van der Waals surface area contributed by atoms with Crippen molar-refractivity contribution >= 4 is 33.0 Å². The minimum Gasteiger partial charge on any atom is -0.369 e. The first kappa shape index (κ1) is 22.1. The number of alkyl halides is 2. The zero-order valence-corrected chi connectivity index (χ0v) is 18.9. The Balaban J connectivity index is 1.40. The lowest BCUT2D eigenvalue weighted by Crippen LogP contribution is -2.39. The Bertz CT molecular complexity index is 959. The first-order valence-corrected chi connectivity index (χ1v) is 12.7. The van der Waals surface area contributed by atoms with Crippen LogP contribution < -0.4 is 0 Å². The van der Waals surface area contributed by atoms with Gasteiger partial charge in [-0.25, -0.2) is 17.2 Å². The van der Waals surface area contributed by atoms with Crippen molar-refractivity contribution in [1.29, 1.82) is 0 Å². The van der Waals surface area contributed by atoms with Crippen LogP contribution in [0.15, 0.2) is 51.0 Å². The largest absolute Gasteiger partial charge is 0.369 e. The molecule has 4 rings (SSSR count). The van der Waals surface area contributed by atoms with Gasteiger partial charge in [-0.3, -0.25) is 0 Å². The summed E-state index contributed by atoms with van der Waals surface area (Å²) in [7, 11) is -3.21. The van der Waals surface area contributed by atoms with E-state index in [1.54, 1.807) is 12.1 Å². The van der Waals surface area contributed by atoms with Crippen LogP contribution in [0.5, 0.6) is 0 Å². The number of sulfone groups is 1. The summed E-state index contributed by atoms with van der Waals surface area (Å²) in [4.78, 5) is 2.23. The van der Waals surface area contributed by atoms with Gasteiger partial charge in [0.15, 0.2) is 9.84 Å². The number of nitrogens with zero attached hydrogens (tertiary/aromatic N) is 1. The lowest BCUT2D eigenvalue weighted by atomic mass is 9.91. The first-order chi connectivity index (χ1) is 14.1. The SMILES string of the molecule is O=S(=O)(CC1CC1)c1ccc(CC2C=C(Cl)C(N3CCC(F)(F)CC3)=C(Cl)C2)cc1. The summed E-state index contributed by atoms with van der Waals surface area (Å²) in [6.45, 7) is 0.480. The maximum absolute atomic E-state index is 13.4. The Morgan fingerprint density at radius 1 is 1.07 bits per heavy atom. The third-order valence-corrected chi connectivity index (χ3v) is 8.59. The predicted octanol–water partition coefficient (Wildman–Crippen LogP) is 5.74. The van der Waals surface area contributed by atoms with Crippen LogP contribution in [-0.4, -0.2) is 38.1 Å².